The van der Waals surface area contributed by atoms with Gasteiger partial charge >= 0.3 is 0 Å². The van der Waals surface area contributed by atoms with Crippen molar-refractivity contribution >= 4 is 10.0 Å². The molecule has 0 amide bonds. The van der Waals surface area contributed by atoms with E-state index in [0.717, 1.165) is 6.42 Å². The molecule has 14 heavy (non-hydrogen) atoms. The van der Waals surface area contributed by atoms with Crippen molar-refractivity contribution in [2.45, 2.75) is 24.2 Å². The Hall–Kier alpha value is -0.170. The van der Waals surface area contributed by atoms with Gasteiger partial charge in [-0.1, -0.05) is 0 Å². The molecule has 2 rings (SSSR count). The van der Waals surface area contributed by atoms with Crippen LogP contribution in [-0.2, 0) is 14.8 Å². The molecule has 2 saturated heterocycles. The number of sulfonamides is 1. The number of nitrogens with zero attached hydrogens (tertiary/aromatic N) is 1. The Bertz CT molecular complexity index is 298. The number of hydrogen-bond donors (Lipinski definition) is 1. The second kappa shape index (κ2) is 3.77. The van der Waals surface area contributed by atoms with Gasteiger partial charge in [0.25, 0.3) is 0 Å². The Labute approximate surface area is 83.7 Å². The van der Waals surface area contributed by atoms with Crippen LogP contribution in [0.4, 0.5) is 0 Å². The van der Waals surface area contributed by atoms with Gasteiger partial charge in [0, 0.05) is 13.1 Å². The smallest absolute Gasteiger partial charge is 0.221 e. The number of rotatable bonds is 2. The van der Waals surface area contributed by atoms with E-state index in [4.69, 9.17) is 4.74 Å². The number of piperidine rings is 1. The second-order valence-electron chi connectivity index (χ2n) is 3.86. The monoisotopic (exact) mass is 221 g/mol. The molecule has 0 aromatic heterocycles. The Balaban J connectivity index is 2.05. The molecule has 0 aromatic rings. The van der Waals surface area contributed by atoms with Crippen molar-refractivity contribution in [2.75, 3.05) is 26.3 Å². The van der Waals surface area contributed by atoms with Crippen LogP contribution in [-0.4, -0.2) is 55.5 Å². The zero-order valence-electron chi connectivity index (χ0n) is 7.92. The average molecular weight is 221 g/mol. The molecule has 0 spiro atoms. The number of hydrogen-bond acceptors (Lipinski definition) is 4. The molecule has 2 aliphatic rings. The summed E-state index contributed by atoms with van der Waals surface area (Å²) in [6.07, 6.45) is 0.945. The van der Waals surface area contributed by atoms with Gasteiger partial charge < -0.3 is 9.84 Å². The molecule has 1 N–H and O–H groups in total. The minimum atomic E-state index is -3.21. The van der Waals surface area contributed by atoms with E-state index in [9.17, 15) is 13.5 Å². The average Bonchev–Trinajstić information content (AvgIpc) is 2.00. The lowest BCUT2D eigenvalue weighted by Gasteiger charge is -2.35. The van der Waals surface area contributed by atoms with Crippen molar-refractivity contribution in [1.29, 1.82) is 0 Å². The molecule has 0 saturated carbocycles. The predicted octanol–water partition coefficient (Wildman–Crippen LogP) is -0.828. The molecule has 1 unspecified atom stereocenters. The van der Waals surface area contributed by atoms with E-state index in [0.29, 0.717) is 26.2 Å². The molecule has 5 nitrogen and oxygen atoms in total. The summed E-state index contributed by atoms with van der Waals surface area (Å²) in [5.41, 5.74) is 0. The van der Waals surface area contributed by atoms with Crippen molar-refractivity contribution < 1.29 is 18.3 Å². The van der Waals surface area contributed by atoms with E-state index in [2.05, 4.69) is 0 Å². The molecule has 2 heterocycles. The van der Waals surface area contributed by atoms with Crippen LogP contribution in [0.25, 0.3) is 0 Å². The third-order valence-electron chi connectivity index (χ3n) is 2.75. The molecule has 0 aromatic carbocycles. The molecule has 2 fully saturated rings. The van der Waals surface area contributed by atoms with Crippen LogP contribution in [0.15, 0.2) is 0 Å². The van der Waals surface area contributed by atoms with Gasteiger partial charge in [-0.05, 0) is 12.8 Å². The van der Waals surface area contributed by atoms with E-state index in [1.54, 1.807) is 0 Å². The number of ether oxygens (including phenoxy) is 1. The zero-order chi connectivity index (χ0) is 10.2. The maximum absolute atomic E-state index is 11.8. The first kappa shape index (κ1) is 10.4. The minimum Gasteiger partial charge on any atom is -0.392 e. The van der Waals surface area contributed by atoms with Crippen LogP contribution in [0.2, 0.25) is 0 Å². The first-order chi connectivity index (χ1) is 6.60. The molecular formula is C8H15NO4S. The third-order valence-corrected chi connectivity index (χ3v) is 4.91. The number of β-amino-alcohol motifs (C(OH)–C–C–N with tert-alkyl or cyclic N) is 1. The van der Waals surface area contributed by atoms with E-state index in [-0.39, 0.29) is 11.8 Å². The first-order valence-corrected chi connectivity index (χ1v) is 6.36. The summed E-state index contributed by atoms with van der Waals surface area (Å²) in [5.74, 6) is 0. The fourth-order valence-electron chi connectivity index (χ4n) is 1.75. The summed E-state index contributed by atoms with van der Waals surface area (Å²) in [6.45, 7) is 1.39. The summed E-state index contributed by atoms with van der Waals surface area (Å²) in [7, 11) is -3.21. The Morgan fingerprint density at radius 3 is 2.57 bits per heavy atom. The highest BCUT2D eigenvalue weighted by molar-refractivity contribution is 7.89. The highest BCUT2D eigenvalue weighted by Gasteiger charge is 2.38. The summed E-state index contributed by atoms with van der Waals surface area (Å²) in [5, 5.41) is 9.00. The fourth-order valence-corrected chi connectivity index (χ4v) is 3.47. The lowest BCUT2D eigenvalue weighted by Crippen LogP contribution is -2.52. The maximum atomic E-state index is 11.8. The predicted molar refractivity (Wildman–Crippen MR) is 50.3 cm³/mol. The molecule has 0 radical (unpaired) electrons. The quantitative estimate of drug-likeness (QED) is 0.661. The minimum absolute atomic E-state index is 0.249. The normalized spacial score (nSPS) is 31.4. The van der Waals surface area contributed by atoms with Crippen LogP contribution < -0.4 is 0 Å². The van der Waals surface area contributed by atoms with Gasteiger partial charge in [0.1, 0.15) is 5.25 Å². The van der Waals surface area contributed by atoms with Crippen molar-refractivity contribution in [3.8, 4) is 0 Å². The molecule has 6 heteroatoms. The topological polar surface area (TPSA) is 66.8 Å². The Morgan fingerprint density at radius 1 is 1.36 bits per heavy atom. The van der Waals surface area contributed by atoms with E-state index in [1.165, 1.54) is 4.31 Å². The van der Waals surface area contributed by atoms with Crippen molar-refractivity contribution in [2.24, 2.45) is 0 Å². The van der Waals surface area contributed by atoms with Gasteiger partial charge in [-0.15, -0.1) is 0 Å². The van der Waals surface area contributed by atoms with Gasteiger partial charge in [-0.25, -0.2) is 8.42 Å². The van der Waals surface area contributed by atoms with Crippen molar-refractivity contribution in [3.05, 3.63) is 0 Å². The fraction of sp³-hybridized carbons (Fsp3) is 1.00. The molecule has 0 bridgehead atoms. The molecule has 82 valence electrons. The van der Waals surface area contributed by atoms with Gasteiger partial charge in [0.2, 0.25) is 10.0 Å². The van der Waals surface area contributed by atoms with Crippen LogP contribution in [0.1, 0.15) is 12.8 Å². The molecule has 2 aliphatic heterocycles. The zero-order valence-corrected chi connectivity index (χ0v) is 8.74. The molecular weight excluding hydrogens is 206 g/mol. The SMILES string of the molecule is O=S(=O)(C1COC1)N1CCCC(O)C1. The summed E-state index contributed by atoms with van der Waals surface area (Å²) in [6, 6.07) is 0. The summed E-state index contributed by atoms with van der Waals surface area (Å²) < 4.78 is 30.0. The van der Waals surface area contributed by atoms with Gasteiger partial charge in [-0.3, -0.25) is 0 Å². The Morgan fingerprint density at radius 2 is 2.07 bits per heavy atom. The first-order valence-electron chi connectivity index (χ1n) is 4.85. The summed E-state index contributed by atoms with van der Waals surface area (Å²) >= 11 is 0. The molecule has 0 aliphatic carbocycles. The molecule has 1 atom stereocenters. The van der Waals surface area contributed by atoms with E-state index in [1.807, 2.05) is 0 Å². The van der Waals surface area contributed by atoms with Gasteiger partial charge in [-0.2, -0.15) is 4.31 Å². The largest absolute Gasteiger partial charge is 0.392 e. The van der Waals surface area contributed by atoms with Crippen LogP contribution in [0.5, 0.6) is 0 Å². The standard InChI is InChI=1S/C8H15NO4S/c10-7-2-1-3-9(4-7)14(11,12)8-5-13-6-8/h7-8,10H,1-6H2. The Kier molecular flexibility index (Phi) is 2.79. The maximum Gasteiger partial charge on any atom is 0.221 e. The number of aliphatic hydroxyl groups excluding tert-OH is 1. The van der Waals surface area contributed by atoms with Crippen LogP contribution in [0.3, 0.4) is 0 Å². The lowest BCUT2D eigenvalue weighted by molar-refractivity contribution is 0.0366. The third kappa shape index (κ3) is 1.79. The van der Waals surface area contributed by atoms with Crippen molar-refractivity contribution in [3.63, 3.8) is 0 Å². The van der Waals surface area contributed by atoms with Gasteiger partial charge in [0.05, 0.1) is 19.3 Å². The highest BCUT2D eigenvalue weighted by atomic mass is 32.2. The second-order valence-corrected chi connectivity index (χ2v) is 6.07. The van der Waals surface area contributed by atoms with Crippen molar-refractivity contribution in [1.82, 2.24) is 4.31 Å². The van der Waals surface area contributed by atoms with Crippen LogP contribution >= 0.6 is 0 Å². The highest BCUT2D eigenvalue weighted by Crippen LogP contribution is 2.21. The van der Waals surface area contributed by atoms with E-state index >= 15 is 0 Å². The lowest BCUT2D eigenvalue weighted by atomic mass is 10.1. The van der Waals surface area contributed by atoms with Crippen LogP contribution in [0, 0.1) is 0 Å². The number of aliphatic hydroxyl groups is 1. The van der Waals surface area contributed by atoms with E-state index < -0.39 is 16.1 Å². The summed E-state index contributed by atoms with van der Waals surface area (Å²) in [4.78, 5) is 0. The van der Waals surface area contributed by atoms with Gasteiger partial charge in [0.15, 0.2) is 0 Å².